The summed E-state index contributed by atoms with van der Waals surface area (Å²) in [4.78, 5) is 27.9. The summed E-state index contributed by atoms with van der Waals surface area (Å²) in [5.41, 5.74) is 1.74. The van der Waals surface area contributed by atoms with Gasteiger partial charge in [0.05, 0.1) is 16.0 Å². The lowest BCUT2D eigenvalue weighted by atomic mass is 10.1. The molecule has 0 aliphatic carbocycles. The molecule has 1 heterocycles. The molecule has 4 rings (SSSR count). The van der Waals surface area contributed by atoms with E-state index in [0.29, 0.717) is 27.8 Å². The van der Waals surface area contributed by atoms with Crippen molar-refractivity contribution < 1.29 is 9.59 Å². The lowest BCUT2D eigenvalue weighted by molar-refractivity contribution is -0.117. The molecule has 1 fully saturated rings. The third-order valence-corrected chi connectivity index (χ3v) is 6.82. The molecule has 0 unspecified atom stereocenters. The third-order valence-electron chi connectivity index (χ3n) is 4.98. The molecule has 3 aromatic carbocycles. The van der Waals surface area contributed by atoms with Crippen molar-refractivity contribution in [2.24, 2.45) is 0 Å². The number of benzene rings is 3. The number of nitrogens with zero attached hydrogens (tertiary/aromatic N) is 2. The zero-order valence-electron chi connectivity index (χ0n) is 17.2. The van der Waals surface area contributed by atoms with E-state index in [9.17, 15) is 14.9 Å². The van der Waals surface area contributed by atoms with Gasteiger partial charge in [0, 0.05) is 10.7 Å². The molecule has 2 amide bonds. The maximum atomic E-state index is 13.4. The van der Waals surface area contributed by atoms with Gasteiger partial charge in [0.1, 0.15) is 16.7 Å². The average molecular weight is 494 g/mol. The number of carbonyl (C=O) groups is 2. The van der Waals surface area contributed by atoms with E-state index in [-0.39, 0.29) is 16.5 Å². The van der Waals surface area contributed by atoms with Crippen molar-refractivity contribution in [2.75, 3.05) is 10.2 Å². The fourth-order valence-electron chi connectivity index (χ4n) is 3.38. The molecule has 0 spiro atoms. The van der Waals surface area contributed by atoms with Crippen LogP contribution < -0.4 is 10.2 Å². The average Bonchev–Trinajstić information content (AvgIpc) is 3.13. The number of halogens is 2. The standard InChI is InChI=1S/C25H17Cl2N3O2S/c26-17-12-10-16(11-13-17)14-22-24(32)30(18-6-2-1-3-7-18)25(33-22)19(15-28)23(31)29-21-9-5-4-8-20(21)27/h1-13,22H,14H2,(H,29,31)/b25-19-/t22-/m0/s1. The molecule has 1 N–H and O–H groups in total. The second-order valence-corrected chi connectivity index (χ2v) is 9.21. The summed E-state index contributed by atoms with van der Waals surface area (Å²) in [6, 6.07) is 25.0. The number of nitrogens with one attached hydrogen (secondary N) is 1. The fourth-order valence-corrected chi connectivity index (χ4v) is 5.00. The van der Waals surface area contributed by atoms with E-state index >= 15 is 0 Å². The highest BCUT2D eigenvalue weighted by atomic mass is 35.5. The quantitative estimate of drug-likeness (QED) is 0.346. The third kappa shape index (κ3) is 5.07. The minimum absolute atomic E-state index is 0.157. The van der Waals surface area contributed by atoms with Crippen LogP contribution in [0.2, 0.25) is 10.0 Å². The van der Waals surface area contributed by atoms with Crippen LogP contribution in [0, 0.1) is 11.3 Å². The zero-order valence-corrected chi connectivity index (χ0v) is 19.5. The molecule has 8 heteroatoms. The van der Waals surface area contributed by atoms with Gasteiger partial charge in [-0.15, -0.1) is 0 Å². The van der Waals surface area contributed by atoms with Crippen molar-refractivity contribution in [3.8, 4) is 6.07 Å². The summed E-state index contributed by atoms with van der Waals surface area (Å²) in [6.07, 6.45) is 0.429. The number of hydrogen-bond acceptors (Lipinski definition) is 4. The van der Waals surface area contributed by atoms with Gasteiger partial charge in [0.25, 0.3) is 5.91 Å². The van der Waals surface area contributed by atoms with Gasteiger partial charge >= 0.3 is 0 Å². The summed E-state index contributed by atoms with van der Waals surface area (Å²) >= 11 is 13.3. The van der Waals surface area contributed by atoms with Crippen LogP contribution in [0.25, 0.3) is 0 Å². The fraction of sp³-hybridized carbons (Fsp3) is 0.0800. The summed E-state index contributed by atoms with van der Waals surface area (Å²) in [5, 5.41) is 13.3. The molecule has 0 aromatic heterocycles. The van der Waals surface area contributed by atoms with Crippen molar-refractivity contribution in [1.29, 1.82) is 5.26 Å². The number of amides is 2. The Morgan fingerprint density at radius 1 is 1.00 bits per heavy atom. The Kier molecular flexibility index (Phi) is 7.05. The van der Waals surface area contributed by atoms with Gasteiger partial charge in [-0.05, 0) is 48.4 Å². The Labute approximate surface area is 205 Å². The van der Waals surface area contributed by atoms with E-state index in [1.165, 1.54) is 16.7 Å². The van der Waals surface area contributed by atoms with Crippen LogP contribution >= 0.6 is 35.0 Å². The van der Waals surface area contributed by atoms with Crippen molar-refractivity contribution in [2.45, 2.75) is 11.7 Å². The number of anilines is 2. The minimum Gasteiger partial charge on any atom is -0.320 e. The van der Waals surface area contributed by atoms with Crippen molar-refractivity contribution in [3.63, 3.8) is 0 Å². The van der Waals surface area contributed by atoms with E-state index in [4.69, 9.17) is 23.2 Å². The summed E-state index contributed by atoms with van der Waals surface area (Å²) < 4.78 is 0. The van der Waals surface area contributed by atoms with Crippen LogP contribution in [0.1, 0.15) is 5.56 Å². The van der Waals surface area contributed by atoms with Gasteiger partial charge in [0.15, 0.2) is 0 Å². The second-order valence-electron chi connectivity index (χ2n) is 7.17. The Hall–Kier alpha value is -3.24. The van der Waals surface area contributed by atoms with Gasteiger partial charge < -0.3 is 5.32 Å². The highest BCUT2D eigenvalue weighted by Gasteiger charge is 2.40. The normalized spacial score (nSPS) is 16.9. The van der Waals surface area contributed by atoms with Gasteiger partial charge in [0.2, 0.25) is 5.91 Å². The van der Waals surface area contributed by atoms with Gasteiger partial charge in [-0.3, -0.25) is 14.5 Å². The van der Waals surface area contributed by atoms with Gasteiger partial charge in [-0.2, -0.15) is 5.26 Å². The van der Waals surface area contributed by atoms with Crippen molar-refractivity contribution in [1.82, 2.24) is 0 Å². The number of rotatable bonds is 5. The first-order valence-corrected chi connectivity index (χ1v) is 11.6. The van der Waals surface area contributed by atoms with Gasteiger partial charge in [-0.1, -0.05) is 77.4 Å². The van der Waals surface area contributed by atoms with Crippen LogP contribution in [0.15, 0.2) is 89.5 Å². The smallest absolute Gasteiger partial charge is 0.269 e. The van der Waals surface area contributed by atoms with E-state index in [0.717, 1.165) is 5.56 Å². The summed E-state index contributed by atoms with van der Waals surface area (Å²) in [5.74, 6) is -0.830. The molecule has 33 heavy (non-hydrogen) atoms. The summed E-state index contributed by atoms with van der Waals surface area (Å²) in [6.45, 7) is 0. The zero-order chi connectivity index (χ0) is 23.4. The molecule has 0 saturated carbocycles. The Balaban J connectivity index is 1.72. The monoisotopic (exact) mass is 493 g/mol. The molecular formula is C25H17Cl2N3O2S. The number of nitriles is 1. The SMILES string of the molecule is N#C/C(C(=O)Nc1ccccc1Cl)=C1/S[C@@H](Cc2ccc(Cl)cc2)C(=O)N1c1ccccc1. The first-order chi connectivity index (χ1) is 16.0. The maximum absolute atomic E-state index is 13.4. The largest absolute Gasteiger partial charge is 0.320 e. The van der Waals surface area contributed by atoms with Crippen molar-refractivity contribution in [3.05, 3.63) is 105 Å². The molecule has 1 saturated heterocycles. The predicted molar refractivity (Wildman–Crippen MR) is 133 cm³/mol. The molecule has 1 atom stereocenters. The van der Waals surface area contributed by atoms with E-state index in [1.54, 1.807) is 60.7 Å². The molecule has 0 bridgehead atoms. The van der Waals surface area contributed by atoms with Crippen LogP contribution in [0.4, 0.5) is 11.4 Å². The van der Waals surface area contributed by atoms with Crippen LogP contribution in [0.5, 0.6) is 0 Å². The Morgan fingerprint density at radius 2 is 1.67 bits per heavy atom. The lowest BCUT2D eigenvalue weighted by Crippen LogP contribution is -2.30. The summed E-state index contributed by atoms with van der Waals surface area (Å²) in [7, 11) is 0. The number of carbonyl (C=O) groups excluding carboxylic acids is 2. The first kappa shape index (κ1) is 22.9. The number of para-hydroxylation sites is 2. The van der Waals surface area contributed by atoms with E-state index in [1.807, 2.05) is 24.3 Å². The van der Waals surface area contributed by atoms with Crippen LogP contribution in [-0.4, -0.2) is 17.1 Å². The number of thioether (sulfide) groups is 1. The van der Waals surface area contributed by atoms with E-state index in [2.05, 4.69) is 5.32 Å². The Morgan fingerprint density at radius 3 is 2.33 bits per heavy atom. The highest BCUT2D eigenvalue weighted by Crippen LogP contribution is 2.42. The molecular weight excluding hydrogens is 477 g/mol. The van der Waals surface area contributed by atoms with E-state index < -0.39 is 11.2 Å². The molecule has 5 nitrogen and oxygen atoms in total. The Bertz CT molecular complexity index is 1270. The first-order valence-electron chi connectivity index (χ1n) is 9.98. The molecule has 164 valence electrons. The molecule has 1 aliphatic heterocycles. The van der Waals surface area contributed by atoms with Crippen LogP contribution in [-0.2, 0) is 16.0 Å². The van der Waals surface area contributed by atoms with Crippen molar-refractivity contribution >= 4 is 58.2 Å². The number of hydrogen-bond donors (Lipinski definition) is 1. The molecule has 0 radical (unpaired) electrons. The van der Waals surface area contributed by atoms with Crippen LogP contribution in [0.3, 0.4) is 0 Å². The minimum atomic E-state index is -0.631. The second kappa shape index (κ2) is 10.1. The highest BCUT2D eigenvalue weighted by molar-refractivity contribution is 8.05. The molecule has 1 aliphatic rings. The maximum Gasteiger partial charge on any atom is 0.269 e. The lowest BCUT2D eigenvalue weighted by Gasteiger charge is -2.18. The van der Waals surface area contributed by atoms with Gasteiger partial charge in [-0.25, -0.2) is 0 Å². The predicted octanol–water partition coefficient (Wildman–Crippen LogP) is 6.06. The topological polar surface area (TPSA) is 73.2 Å². The molecule has 3 aromatic rings.